The van der Waals surface area contributed by atoms with Crippen LogP contribution in [0.1, 0.15) is 17.3 Å². The first kappa shape index (κ1) is 15.8. The first-order chi connectivity index (χ1) is 9.90. The fraction of sp³-hybridized carbons (Fsp3) is 0.429. The average molecular weight is 313 g/mol. The molecule has 1 atom stereocenters. The quantitative estimate of drug-likeness (QED) is 0.857. The second-order valence-electron chi connectivity index (χ2n) is 5.04. The first-order valence-electron chi connectivity index (χ1n) is 6.68. The maximum atomic E-state index is 13.2. The van der Waals surface area contributed by atoms with Gasteiger partial charge in [-0.1, -0.05) is 12.2 Å². The molecule has 21 heavy (non-hydrogen) atoms. The molecular weight excluding hydrogens is 296 g/mol. The van der Waals surface area contributed by atoms with Crippen LogP contribution in [0.3, 0.4) is 0 Å². The highest BCUT2D eigenvalue weighted by Gasteiger charge is 2.26. The summed E-state index contributed by atoms with van der Waals surface area (Å²) in [4.78, 5) is 16.4. The van der Waals surface area contributed by atoms with E-state index in [4.69, 9.17) is 18.0 Å². The summed E-state index contributed by atoms with van der Waals surface area (Å²) in [5.41, 5.74) is 5.77. The van der Waals surface area contributed by atoms with Crippen molar-refractivity contribution in [1.29, 1.82) is 0 Å². The third kappa shape index (κ3) is 3.54. The number of thiocarbonyl (C=S) groups is 1. The molecule has 1 unspecified atom stereocenters. The van der Waals surface area contributed by atoms with E-state index in [2.05, 4.69) is 4.90 Å². The molecule has 7 heteroatoms. The molecule has 0 aromatic heterocycles. The Hall–Kier alpha value is -1.60. The van der Waals surface area contributed by atoms with Gasteiger partial charge in [0.25, 0.3) is 5.91 Å². The Balaban J connectivity index is 2.00. The largest absolute Gasteiger partial charge is 0.392 e. The van der Waals surface area contributed by atoms with Crippen molar-refractivity contribution in [3.05, 3.63) is 35.4 Å². The number of nitrogens with two attached hydrogens (primary N) is 1. The van der Waals surface area contributed by atoms with Gasteiger partial charge in [0.2, 0.25) is 0 Å². The lowest BCUT2D eigenvalue weighted by atomic mass is 10.1. The number of carbonyl (C=O) groups excluding carboxylic acids is 1. The summed E-state index contributed by atoms with van der Waals surface area (Å²) in [5, 5.41) is 0. The summed E-state index contributed by atoms with van der Waals surface area (Å²) in [6, 6.07) is 3.18. The Morgan fingerprint density at radius 2 is 1.86 bits per heavy atom. The van der Waals surface area contributed by atoms with Crippen molar-refractivity contribution in [2.75, 3.05) is 26.2 Å². The minimum absolute atomic E-state index is 0.0134. The van der Waals surface area contributed by atoms with Gasteiger partial charge in [-0.3, -0.25) is 9.69 Å². The molecular formula is C14H17F2N3OS. The summed E-state index contributed by atoms with van der Waals surface area (Å²) < 4.78 is 26.1. The van der Waals surface area contributed by atoms with Gasteiger partial charge in [0.05, 0.1) is 11.0 Å². The number of hydrogen-bond acceptors (Lipinski definition) is 3. The van der Waals surface area contributed by atoms with E-state index in [0.29, 0.717) is 31.2 Å². The van der Waals surface area contributed by atoms with Crippen molar-refractivity contribution in [1.82, 2.24) is 9.80 Å². The average Bonchev–Trinajstić information content (AvgIpc) is 2.48. The predicted octanol–water partition coefficient (Wildman–Crippen LogP) is 1.40. The fourth-order valence-corrected chi connectivity index (χ4v) is 2.45. The van der Waals surface area contributed by atoms with Gasteiger partial charge in [-0.25, -0.2) is 8.78 Å². The Bertz CT molecular complexity index is 559. The van der Waals surface area contributed by atoms with Crippen LogP contribution in [0.25, 0.3) is 0 Å². The van der Waals surface area contributed by atoms with Crippen molar-refractivity contribution in [3.8, 4) is 0 Å². The van der Waals surface area contributed by atoms with Crippen LogP contribution in [0, 0.1) is 11.6 Å². The van der Waals surface area contributed by atoms with Gasteiger partial charge in [-0.15, -0.1) is 0 Å². The summed E-state index contributed by atoms with van der Waals surface area (Å²) >= 11 is 4.96. The van der Waals surface area contributed by atoms with Gasteiger partial charge >= 0.3 is 0 Å². The van der Waals surface area contributed by atoms with E-state index >= 15 is 0 Å². The van der Waals surface area contributed by atoms with Crippen LogP contribution in [0.4, 0.5) is 8.78 Å². The molecule has 1 heterocycles. The van der Waals surface area contributed by atoms with E-state index in [1.165, 1.54) is 6.07 Å². The van der Waals surface area contributed by atoms with Crippen LogP contribution in [-0.4, -0.2) is 52.9 Å². The Labute approximate surface area is 127 Å². The second-order valence-corrected chi connectivity index (χ2v) is 5.51. The standard InChI is InChI=1S/C14H17F2N3OS/c1-9(13(17)21)18-4-6-19(7-5-18)14(20)10-2-3-11(15)12(16)8-10/h2-3,8-9H,4-7H2,1H3,(H2,17,21). The Morgan fingerprint density at radius 3 is 2.38 bits per heavy atom. The smallest absolute Gasteiger partial charge is 0.254 e. The lowest BCUT2D eigenvalue weighted by Gasteiger charge is -2.37. The van der Waals surface area contributed by atoms with E-state index in [-0.39, 0.29) is 17.5 Å². The molecule has 0 radical (unpaired) electrons. The molecule has 0 bridgehead atoms. The molecule has 1 amide bonds. The zero-order valence-electron chi connectivity index (χ0n) is 11.7. The first-order valence-corrected chi connectivity index (χ1v) is 7.08. The number of benzene rings is 1. The molecule has 1 saturated heterocycles. The number of halogens is 2. The van der Waals surface area contributed by atoms with E-state index in [0.717, 1.165) is 12.1 Å². The van der Waals surface area contributed by atoms with E-state index in [1.807, 2.05) is 6.92 Å². The molecule has 1 aliphatic heterocycles. The molecule has 0 spiro atoms. The number of piperazine rings is 1. The normalized spacial score (nSPS) is 17.6. The van der Waals surface area contributed by atoms with Gasteiger partial charge < -0.3 is 10.6 Å². The number of amides is 1. The maximum absolute atomic E-state index is 13.2. The van der Waals surface area contributed by atoms with Crippen LogP contribution in [0.5, 0.6) is 0 Å². The lowest BCUT2D eigenvalue weighted by Crippen LogP contribution is -2.53. The third-order valence-electron chi connectivity index (χ3n) is 3.73. The summed E-state index contributed by atoms with van der Waals surface area (Å²) in [6.07, 6.45) is 0. The molecule has 2 N–H and O–H groups in total. The van der Waals surface area contributed by atoms with Crippen LogP contribution in [-0.2, 0) is 0 Å². The van der Waals surface area contributed by atoms with Crippen molar-refractivity contribution in [2.24, 2.45) is 5.73 Å². The molecule has 1 aromatic carbocycles. The SMILES string of the molecule is CC(C(N)=S)N1CCN(C(=O)c2ccc(F)c(F)c2)CC1. The minimum atomic E-state index is -1.01. The topological polar surface area (TPSA) is 49.6 Å². The summed E-state index contributed by atoms with van der Waals surface area (Å²) in [7, 11) is 0. The van der Waals surface area contributed by atoms with Gasteiger partial charge in [-0.2, -0.15) is 0 Å². The zero-order valence-corrected chi connectivity index (χ0v) is 12.5. The molecule has 1 aliphatic rings. The van der Waals surface area contributed by atoms with Crippen molar-refractivity contribution in [3.63, 3.8) is 0 Å². The van der Waals surface area contributed by atoms with Gasteiger partial charge in [0, 0.05) is 31.7 Å². The maximum Gasteiger partial charge on any atom is 0.254 e. The van der Waals surface area contributed by atoms with Crippen LogP contribution in [0.2, 0.25) is 0 Å². The number of carbonyl (C=O) groups is 1. The van der Waals surface area contributed by atoms with Gasteiger partial charge in [-0.05, 0) is 25.1 Å². The Morgan fingerprint density at radius 1 is 1.24 bits per heavy atom. The van der Waals surface area contributed by atoms with Crippen LogP contribution >= 0.6 is 12.2 Å². The lowest BCUT2D eigenvalue weighted by molar-refractivity contribution is 0.0621. The molecule has 114 valence electrons. The molecule has 1 aromatic rings. The minimum Gasteiger partial charge on any atom is -0.392 e. The van der Waals surface area contributed by atoms with Gasteiger partial charge in [0.1, 0.15) is 0 Å². The summed E-state index contributed by atoms with van der Waals surface area (Å²) in [6.45, 7) is 4.23. The van der Waals surface area contributed by atoms with Crippen LogP contribution < -0.4 is 5.73 Å². The number of rotatable bonds is 3. The molecule has 2 rings (SSSR count). The van der Waals surface area contributed by atoms with Crippen molar-refractivity contribution < 1.29 is 13.6 Å². The highest BCUT2D eigenvalue weighted by atomic mass is 32.1. The fourth-order valence-electron chi connectivity index (χ4n) is 2.30. The zero-order chi connectivity index (χ0) is 15.6. The molecule has 4 nitrogen and oxygen atoms in total. The summed E-state index contributed by atoms with van der Waals surface area (Å²) in [5.74, 6) is -2.26. The van der Waals surface area contributed by atoms with Crippen LogP contribution in [0.15, 0.2) is 18.2 Å². The third-order valence-corrected chi connectivity index (χ3v) is 4.07. The van der Waals surface area contributed by atoms with Gasteiger partial charge in [0.15, 0.2) is 11.6 Å². The highest BCUT2D eigenvalue weighted by molar-refractivity contribution is 7.80. The second kappa shape index (κ2) is 6.44. The number of nitrogens with zero attached hydrogens (tertiary/aromatic N) is 2. The van der Waals surface area contributed by atoms with E-state index in [1.54, 1.807) is 4.90 Å². The van der Waals surface area contributed by atoms with E-state index in [9.17, 15) is 13.6 Å². The highest BCUT2D eigenvalue weighted by Crippen LogP contribution is 2.14. The number of hydrogen-bond donors (Lipinski definition) is 1. The Kier molecular flexibility index (Phi) is 4.84. The van der Waals surface area contributed by atoms with E-state index < -0.39 is 11.6 Å². The molecule has 0 saturated carbocycles. The monoisotopic (exact) mass is 313 g/mol. The van der Waals surface area contributed by atoms with Crippen molar-refractivity contribution in [2.45, 2.75) is 13.0 Å². The predicted molar refractivity (Wildman–Crippen MR) is 80.1 cm³/mol. The molecule has 1 fully saturated rings. The van der Waals surface area contributed by atoms with Crippen molar-refractivity contribution >= 4 is 23.1 Å². The molecule has 0 aliphatic carbocycles.